The highest BCUT2D eigenvalue weighted by Gasteiger charge is 2.37. The van der Waals surface area contributed by atoms with Crippen LogP contribution in [0.25, 0.3) is 11.0 Å². The number of imide groups is 1. The van der Waals surface area contributed by atoms with Crippen LogP contribution in [-0.2, 0) is 13.2 Å². The summed E-state index contributed by atoms with van der Waals surface area (Å²) >= 11 is 0. The van der Waals surface area contributed by atoms with Crippen LogP contribution in [0, 0.1) is 10.1 Å². The Balaban J connectivity index is 1.47. The average molecular weight is 434 g/mol. The monoisotopic (exact) mass is 434 g/mol. The minimum Gasteiger partial charge on any atom is -0.313 e. The van der Waals surface area contributed by atoms with Gasteiger partial charge in [-0.25, -0.2) is 4.98 Å². The lowest BCUT2D eigenvalue weighted by Crippen LogP contribution is -2.45. The maximum atomic E-state index is 13.0. The molecule has 3 heterocycles. The van der Waals surface area contributed by atoms with Crippen LogP contribution < -0.4 is 0 Å². The Hall–Kier alpha value is -3.63. The van der Waals surface area contributed by atoms with Crippen molar-refractivity contribution in [3.05, 3.63) is 69.5 Å². The fourth-order valence-electron chi connectivity index (χ4n) is 4.27. The van der Waals surface area contributed by atoms with E-state index in [1.165, 1.54) is 18.2 Å². The van der Waals surface area contributed by atoms with Gasteiger partial charge in [-0.2, -0.15) is 0 Å². The first-order chi connectivity index (χ1) is 15.4. The van der Waals surface area contributed by atoms with Gasteiger partial charge in [0.25, 0.3) is 17.5 Å². The zero-order valence-electron chi connectivity index (χ0n) is 17.6. The van der Waals surface area contributed by atoms with Crippen molar-refractivity contribution in [2.75, 3.05) is 33.2 Å². The van der Waals surface area contributed by atoms with Crippen molar-refractivity contribution in [3.8, 4) is 0 Å². The summed E-state index contributed by atoms with van der Waals surface area (Å²) < 4.78 is 2.05. The minimum absolute atomic E-state index is 0.00255. The fourth-order valence-corrected chi connectivity index (χ4v) is 4.27. The van der Waals surface area contributed by atoms with Crippen molar-refractivity contribution in [1.82, 2.24) is 24.3 Å². The molecule has 5 rings (SSSR count). The maximum Gasteiger partial charge on any atom is 0.270 e. The number of nitro groups is 1. The predicted molar refractivity (Wildman–Crippen MR) is 116 cm³/mol. The summed E-state index contributed by atoms with van der Waals surface area (Å²) in [6, 6.07) is 11.5. The molecule has 3 aromatic rings. The summed E-state index contributed by atoms with van der Waals surface area (Å²) in [6.07, 6.45) is 0. The summed E-state index contributed by atoms with van der Waals surface area (Å²) in [7, 11) is 2.10. The highest BCUT2D eigenvalue weighted by molar-refractivity contribution is 6.21. The summed E-state index contributed by atoms with van der Waals surface area (Å²) in [5, 5.41) is 11.1. The third-order valence-corrected chi connectivity index (χ3v) is 6.14. The highest BCUT2D eigenvalue weighted by Crippen LogP contribution is 2.29. The number of non-ortho nitro benzene ring substituents is 1. The first kappa shape index (κ1) is 20.3. The molecule has 1 saturated heterocycles. The largest absolute Gasteiger partial charge is 0.313 e. The number of aromatic nitrogens is 2. The Bertz CT molecular complexity index is 1240. The third kappa shape index (κ3) is 3.43. The van der Waals surface area contributed by atoms with Gasteiger partial charge in [-0.3, -0.25) is 29.5 Å². The molecule has 0 atom stereocenters. The van der Waals surface area contributed by atoms with E-state index in [-0.39, 0.29) is 23.4 Å². The molecule has 0 N–H and O–H groups in total. The molecule has 10 nitrogen and oxygen atoms in total. The number of amides is 2. The number of nitrogens with zero attached hydrogens (tertiary/aromatic N) is 6. The molecule has 1 fully saturated rings. The van der Waals surface area contributed by atoms with Gasteiger partial charge >= 0.3 is 0 Å². The van der Waals surface area contributed by atoms with Crippen molar-refractivity contribution in [2.24, 2.45) is 0 Å². The Morgan fingerprint density at radius 3 is 2.47 bits per heavy atom. The first-order valence-corrected chi connectivity index (χ1v) is 10.4. The summed E-state index contributed by atoms with van der Waals surface area (Å²) in [5.74, 6) is -0.390. The van der Waals surface area contributed by atoms with Gasteiger partial charge in [-0.05, 0) is 25.2 Å². The predicted octanol–water partition coefficient (Wildman–Crippen LogP) is 1.95. The van der Waals surface area contributed by atoms with Crippen LogP contribution in [-0.4, -0.2) is 74.2 Å². The molecule has 164 valence electrons. The van der Waals surface area contributed by atoms with Gasteiger partial charge in [0.1, 0.15) is 5.82 Å². The Kier molecular flexibility index (Phi) is 4.95. The molecule has 2 aliphatic rings. The number of hydrogen-bond donors (Lipinski definition) is 0. The average Bonchev–Trinajstić information content (AvgIpc) is 3.25. The number of piperazine rings is 1. The SMILES string of the molecule is CN1CCN(Cn2c(CN3C(=O)c4ccc([N+](=O)[O-])cc4C3=O)nc3ccccc32)CC1. The van der Waals surface area contributed by atoms with E-state index in [2.05, 4.69) is 16.8 Å². The zero-order valence-corrected chi connectivity index (χ0v) is 17.6. The molecule has 2 aromatic carbocycles. The van der Waals surface area contributed by atoms with Crippen LogP contribution in [0.4, 0.5) is 5.69 Å². The molecule has 10 heteroatoms. The molecular formula is C22H22N6O4. The number of nitro benzene ring substituents is 1. The molecular weight excluding hydrogens is 412 g/mol. The standard InChI is InChI=1S/C22H22N6O4/c1-24-8-10-25(11-9-24)14-27-19-5-3-2-4-18(19)23-20(27)13-26-21(29)16-7-6-15(28(31)32)12-17(16)22(26)30/h2-7,12H,8-11,13-14H2,1H3. The number of benzene rings is 2. The quantitative estimate of drug-likeness (QED) is 0.343. The van der Waals surface area contributed by atoms with Gasteiger partial charge in [-0.15, -0.1) is 0 Å². The number of para-hydroxylation sites is 2. The number of hydrogen-bond acceptors (Lipinski definition) is 7. The molecule has 0 spiro atoms. The molecule has 0 bridgehead atoms. The lowest BCUT2D eigenvalue weighted by atomic mass is 10.1. The van der Waals surface area contributed by atoms with E-state index in [0.29, 0.717) is 12.5 Å². The van der Waals surface area contributed by atoms with Crippen molar-refractivity contribution in [3.63, 3.8) is 0 Å². The van der Waals surface area contributed by atoms with E-state index in [9.17, 15) is 19.7 Å². The van der Waals surface area contributed by atoms with Crippen molar-refractivity contribution < 1.29 is 14.5 Å². The van der Waals surface area contributed by atoms with Gasteiger partial charge < -0.3 is 9.47 Å². The van der Waals surface area contributed by atoms with Crippen LogP contribution >= 0.6 is 0 Å². The molecule has 1 aromatic heterocycles. The zero-order chi connectivity index (χ0) is 22.4. The van der Waals surface area contributed by atoms with Gasteiger partial charge in [-0.1, -0.05) is 12.1 Å². The number of rotatable bonds is 5. The Morgan fingerprint density at radius 2 is 1.72 bits per heavy atom. The number of carbonyl (C=O) groups is 2. The minimum atomic E-state index is -0.573. The molecule has 2 aliphatic heterocycles. The molecule has 0 unspecified atom stereocenters. The van der Waals surface area contributed by atoms with Crippen LogP contribution in [0.15, 0.2) is 42.5 Å². The molecule has 2 amide bonds. The smallest absolute Gasteiger partial charge is 0.270 e. The number of likely N-dealkylation sites (N-methyl/N-ethyl adjacent to an activating group) is 1. The topological polar surface area (TPSA) is 105 Å². The number of carbonyl (C=O) groups excluding carboxylic acids is 2. The number of fused-ring (bicyclic) bond motifs is 2. The Labute approximate surface area is 183 Å². The van der Waals surface area contributed by atoms with E-state index >= 15 is 0 Å². The second-order valence-electron chi connectivity index (χ2n) is 8.19. The Morgan fingerprint density at radius 1 is 1.00 bits per heavy atom. The fraction of sp³-hybridized carbons (Fsp3) is 0.318. The van der Waals surface area contributed by atoms with Crippen molar-refractivity contribution >= 4 is 28.5 Å². The van der Waals surface area contributed by atoms with Gasteiger partial charge in [0, 0.05) is 38.3 Å². The lowest BCUT2D eigenvalue weighted by Gasteiger charge is -2.33. The summed E-state index contributed by atoms with van der Waals surface area (Å²) in [6.45, 7) is 4.39. The van der Waals surface area contributed by atoms with Gasteiger partial charge in [0.05, 0.1) is 40.3 Å². The highest BCUT2D eigenvalue weighted by atomic mass is 16.6. The van der Waals surface area contributed by atoms with Crippen LogP contribution in [0.2, 0.25) is 0 Å². The van der Waals surface area contributed by atoms with E-state index in [4.69, 9.17) is 4.98 Å². The second-order valence-corrected chi connectivity index (χ2v) is 8.19. The van der Waals surface area contributed by atoms with Crippen molar-refractivity contribution in [2.45, 2.75) is 13.2 Å². The molecule has 0 radical (unpaired) electrons. The van der Waals surface area contributed by atoms with E-state index < -0.39 is 16.7 Å². The van der Waals surface area contributed by atoms with Crippen LogP contribution in [0.1, 0.15) is 26.5 Å². The van der Waals surface area contributed by atoms with Crippen LogP contribution in [0.3, 0.4) is 0 Å². The van der Waals surface area contributed by atoms with Gasteiger partial charge in [0.2, 0.25) is 0 Å². The van der Waals surface area contributed by atoms with E-state index in [1.807, 2.05) is 28.8 Å². The molecule has 32 heavy (non-hydrogen) atoms. The summed E-state index contributed by atoms with van der Waals surface area (Å²) in [4.78, 5) is 46.8. The number of imidazole rings is 1. The summed E-state index contributed by atoms with van der Waals surface area (Å²) in [5.41, 5.74) is 1.76. The third-order valence-electron chi connectivity index (χ3n) is 6.14. The normalized spacial score (nSPS) is 17.3. The van der Waals surface area contributed by atoms with Crippen molar-refractivity contribution in [1.29, 1.82) is 0 Å². The maximum absolute atomic E-state index is 13.0. The molecule has 0 saturated carbocycles. The first-order valence-electron chi connectivity index (χ1n) is 10.4. The van der Waals surface area contributed by atoms with E-state index in [0.717, 1.165) is 42.1 Å². The molecule has 0 aliphatic carbocycles. The lowest BCUT2D eigenvalue weighted by molar-refractivity contribution is -0.384. The van der Waals surface area contributed by atoms with Gasteiger partial charge in [0.15, 0.2) is 0 Å². The van der Waals surface area contributed by atoms with E-state index in [1.54, 1.807) is 0 Å². The second kappa shape index (κ2) is 7.81. The van der Waals surface area contributed by atoms with Crippen LogP contribution in [0.5, 0.6) is 0 Å².